The quantitative estimate of drug-likeness (QED) is 0.502. The predicted molar refractivity (Wildman–Crippen MR) is 88.4 cm³/mol. The maximum Gasteiger partial charge on any atom is 0.329 e. The van der Waals surface area contributed by atoms with Crippen molar-refractivity contribution in [2.24, 2.45) is 5.10 Å². The molecular weight excluding hydrogens is 313 g/mol. The first-order valence-corrected chi connectivity index (χ1v) is 7.22. The third-order valence-corrected chi connectivity index (χ3v) is 2.89. The standard InChI is InChI=1S/C17H16FN3O3/c1-2-24-15-6-4-3-5-14(15)20-16(22)17(23)21-19-11-12-7-9-13(18)10-8-12/h3-11H,2H2,1H3,(H,20,22)(H,21,23)/b19-11-. The lowest BCUT2D eigenvalue weighted by atomic mass is 10.2. The van der Waals surface area contributed by atoms with Gasteiger partial charge in [-0.1, -0.05) is 24.3 Å². The van der Waals surface area contributed by atoms with Crippen LogP contribution >= 0.6 is 0 Å². The second-order valence-electron chi connectivity index (χ2n) is 4.63. The number of halogens is 1. The Hall–Kier alpha value is -3.22. The normalized spacial score (nSPS) is 10.4. The summed E-state index contributed by atoms with van der Waals surface area (Å²) in [5.74, 6) is -1.71. The number of nitrogens with one attached hydrogen (secondary N) is 2. The molecule has 0 saturated carbocycles. The van der Waals surface area contributed by atoms with Gasteiger partial charge >= 0.3 is 11.8 Å². The van der Waals surface area contributed by atoms with Crippen molar-refractivity contribution in [2.45, 2.75) is 6.92 Å². The Labute approximate surface area is 138 Å². The van der Waals surface area contributed by atoms with Gasteiger partial charge in [0.05, 0.1) is 18.5 Å². The van der Waals surface area contributed by atoms with Crippen molar-refractivity contribution in [3.63, 3.8) is 0 Å². The summed E-state index contributed by atoms with van der Waals surface area (Å²) in [5, 5.41) is 6.11. The number of amides is 2. The zero-order valence-electron chi connectivity index (χ0n) is 13.0. The number of para-hydroxylation sites is 2. The number of ether oxygens (including phenoxy) is 1. The van der Waals surface area contributed by atoms with Gasteiger partial charge in [0.15, 0.2) is 0 Å². The second kappa shape index (κ2) is 8.42. The summed E-state index contributed by atoms with van der Waals surface area (Å²) in [6.07, 6.45) is 1.30. The van der Waals surface area contributed by atoms with Crippen LogP contribution < -0.4 is 15.5 Å². The van der Waals surface area contributed by atoms with Crippen LogP contribution in [0.2, 0.25) is 0 Å². The maximum absolute atomic E-state index is 12.8. The Morgan fingerprint density at radius 3 is 2.54 bits per heavy atom. The highest BCUT2D eigenvalue weighted by Crippen LogP contribution is 2.23. The number of carbonyl (C=O) groups excluding carboxylic acids is 2. The fraction of sp³-hybridized carbons (Fsp3) is 0.118. The Morgan fingerprint density at radius 1 is 1.12 bits per heavy atom. The molecule has 0 spiro atoms. The zero-order valence-corrected chi connectivity index (χ0v) is 13.0. The number of hydrogen-bond acceptors (Lipinski definition) is 4. The highest BCUT2D eigenvalue weighted by molar-refractivity contribution is 6.39. The minimum atomic E-state index is -0.931. The average molecular weight is 329 g/mol. The molecule has 2 amide bonds. The molecule has 0 fully saturated rings. The van der Waals surface area contributed by atoms with E-state index in [2.05, 4.69) is 15.8 Å². The van der Waals surface area contributed by atoms with E-state index in [-0.39, 0.29) is 5.82 Å². The van der Waals surface area contributed by atoms with Crippen LogP contribution in [0.5, 0.6) is 5.75 Å². The molecule has 0 aliphatic carbocycles. The highest BCUT2D eigenvalue weighted by atomic mass is 19.1. The Kier molecular flexibility index (Phi) is 6.01. The van der Waals surface area contributed by atoms with Crippen LogP contribution in [0.1, 0.15) is 12.5 Å². The summed E-state index contributed by atoms with van der Waals surface area (Å²) in [6.45, 7) is 2.25. The van der Waals surface area contributed by atoms with E-state index in [1.165, 1.54) is 30.5 Å². The van der Waals surface area contributed by atoms with E-state index in [0.29, 0.717) is 23.6 Å². The molecule has 0 aliphatic heterocycles. The predicted octanol–water partition coefficient (Wildman–Crippen LogP) is 2.31. The summed E-state index contributed by atoms with van der Waals surface area (Å²) in [6, 6.07) is 12.3. The van der Waals surface area contributed by atoms with Crippen LogP contribution in [0, 0.1) is 5.82 Å². The molecular formula is C17H16FN3O3. The smallest absolute Gasteiger partial charge is 0.329 e. The summed E-state index contributed by atoms with van der Waals surface area (Å²) < 4.78 is 18.1. The summed E-state index contributed by atoms with van der Waals surface area (Å²) in [4.78, 5) is 23.6. The molecule has 2 N–H and O–H groups in total. The SMILES string of the molecule is CCOc1ccccc1NC(=O)C(=O)N/N=C\c1ccc(F)cc1. The van der Waals surface area contributed by atoms with Crippen LogP contribution in [0.25, 0.3) is 0 Å². The van der Waals surface area contributed by atoms with Gasteiger partial charge in [-0.15, -0.1) is 0 Å². The number of hydrogen-bond donors (Lipinski definition) is 2. The van der Waals surface area contributed by atoms with E-state index >= 15 is 0 Å². The van der Waals surface area contributed by atoms with Gasteiger partial charge in [-0.05, 0) is 36.8 Å². The molecule has 0 aromatic heterocycles. The lowest BCUT2D eigenvalue weighted by molar-refractivity contribution is -0.136. The largest absolute Gasteiger partial charge is 0.492 e. The van der Waals surface area contributed by atoms with Gasteiger partial charge in [0.25, 0.3) is 0 Å². The topological polar surface area (TPSA) is 79.8 Å². The van der Waals surface area contributed by atoms with Gasteiger partial charge in [-0.25, -0.2) is 9.82 Å². The molecule has 0 bridgehead atoms. The first-order chi connectivity index (χ1) is 11.6. The molecule has 2 aromatic carbocycles. The summed E-state index contributed by atoms with van der Waals surface area (Å²) in [7, 11) is 0. The number of anilines is 1. The molecule has 2 rings (SSSR count). The van der Waals surface area contributed by atoms with E-state index in [9.17, 15) is 14.0 Å². The number of benzene rings is 2. The Morgan fingerprint density at radius 2 is 1.83 bits per heavy atom. The van der Waals surface area contributed by atoms with E-state index in [1.54, 1.807) is 24.3 Å². The van der Waals surface area contributed by atoms with Crippen molar-refractivity contribution in [3.05, 3.63) is 59.9 Å². The maximum atomic E-state index is 12.8. The van der Waals surface area contributed by atoms with Gasteiger partial charge < -0.3 is 10.1 Å². The molecule has 0 radical (unpaired) electrons. The van der Waals surface area contributed by atoms with Gasteiger partial charge in [0.1, 0.15) is 11.6 Å². The summed E-state index contributed by atoms with van der Waals surface area (Å²) >= 11 is 0. The van der Waals surface area contributed by atoms with Crippen LogP contribution in [0.15, 0.2) is 53.6 Å². The van der Waals surface area contributed by atoms with Gasteiger partial charge in [-0.2, -0.15) is 5.10 Å². The minimum Gasteiger partial charge on any atom is -0.492 e. The fourth-order valence-electron chi connectivity index (χ4n) is 1.80. The molecule has 6 nitrogen and oxygen atoms in total. The molecule has 0 unspecified atom stereocenters. The molecule has 2 aromatic rings. The third kappa shape index (κ3) is 4.91. The zero-order chi connectivity index (χ0) is 17.4. The lowest BCUT2D eigenvalue weighted by Gasteiger charge is -2.10. The second-order valence-corrected chi connectivity index (χ2v) is 4.63. The average Bonchev–Trinajstić information content (AvgIpc) is 2.58. The Bertz CT molecular complexity index is 745. The van der Waals surface area contributed by atoms with Crippen molar-refractivity contribution in [1.82, 2.24) is 5.43 Å². The van der Waals surface area contributed by atoms with Crippen LogP contribution in [0.3, 0.4) is 0 Å². The molecule has 0 saturated heterocycles. The molecule has 0 heterocycles. The highest BCUT2D eigenvalue weighted by Gasteiger charge is 2.15. The van der Waals surface area contributed by atoms with Crippen LogP contribution in [0.4, 0.5) is 10.1 Å². The van der Waals surface area contributed by atoms with E-state index in [4.69, 9.17) is 4.74 Å². The molecule has 24 heavy (non-hydrogen) atoms. The van der Waals surface area contributed by atoms with Crippen molar-refractivity contribution in [3.8, 4) is 5.75 Å². The van der Waals surface area contributed by atoms with Crippen molar-refractivity contribution < 1.29 is 18.7 Å². The number of hydrazone groups is 1. The van der Waals surface area contributed by atoms with Crippen molar-refractivity contribution >= 4 is 23.7 Å². The third-order valence-electron chi connectivity index (χ3n) is 2.89. The van der Waals surface area contributed by atoms with Gasteiger partial charge in [-0.3, -0.25) is 9.59 Å². The van der Waals surface area contributed by atoms with E-state index in [0.717, 1.165) is 0 Å². The Balaban J connectivity index is 1.93. The number of rotatable bonds is 5. The monoisotopic (exact) mass is 329 g/mol. The van der Waals surface area contributed by atoms with E-state index < -0.39 is 11.8 Å². The molecule has 0 atom stereocenters. The van der Waals surface area contributed by atoms with Crippen LogP contribution in [-0.4, -0.2) is 24.6 Å². The van der Waals surface area contributed by atoms with Gasteiger partial charge in [0.2, 0.25) is 0 Å². The van der Waals surface area contributed by atoms with Gasteiger partial charge in [0, 0.05) is 0 Å². The van der Waals surface area contributed by atoms with Crippen molar-refractivity contribution in [1.29, 1.82) is 0 Å². The lowest BCUT2D eigenvalue weighted by Crippen LogP contribution is -2.32. The van der Waals surface area contributed by atoms with E-state index in [1.807, 2.05) is 6.92 Å². The number of carbonyl (C=O) groups is 2. The van der Waals surface area contributed by atoms with Crippen molar-refractivity contribution in [2.75, 3.05) is 11.9 Å². The first-order valence-electron chi connectivity index (χ1n) is 7.22. The first kappa shape index (κ1) is 17.1. The number of nitrogens with zero attached hydrogens (tertiary/aromatic N) is 1. The molecule has 0 aliphatic rings. The fourth-order valence-corrected chi connectivity index (χ4v) is 1.80. The summed E-state index contributed by atoms with van der Waals surface area (Å²) in [5.41, 5.74) is 3.07. The minimum absolute atomic E-state index is 0.372. The molecule has 124 valence electrons. The molecule has 7 heteroatoms. The van der Waals surface area contributed by atoms with Crippen LogP contribution in [-0.2, 0) is 9.59 Å².